The van der Waals surface area contributed by atoms with Crippen LogP contribution in [0, 0.1) is 0 Å². The van der Waals surface area contributed by atoms with Gasteiger partial charge in [0.15, 0.2) is 0 Å². The summed E-state index contributed by atoms with van der Waals surface area (Å²) < 4.78 is 22.7. The van der Waals surface area contributed by atoms with Crippen LogP contribution in [0.15, 0.2) is 0 Å². The first-order valence-electron chi connectivity index (χ1n) is 1.50. The van der Waals surface area contributed by atoms with E-state index in [-0.39, 0.29) is 58.0 Å². The second-order valence-corrected chi connectivity index (χ2v) is 1.25. The van der Waals surface area contributed by atoms with Crippen LogP contribution in [0.3, 0.4) is 0 Å². The van der Waals surface area contributed by atoms with Gasteiger partial charge in [-0.15, -0.1) is 0 Å². The van der Waals surface area contributed by atoms with Crippen molar-refractivity contribution in [3.05, 3.63) is 0 Å². The molecule has 0 saturated carbocycles. The van der Waals surface area contributed by atoms with Gasteiger partial charge in [-0.1, -0.05) is 0 Å². The molecule has 0 N–H and O–H groups in total. The molecule has 0 fully saturated rings. The van der Waals surface area contributed by atoms with Gasteiger partial charge >= 0.3 is 51.4 Å². The van der Waals surface area contributed by atoms with Gasteiger partial charge in [0.25, 0.3) is 0 Å². The van der Waals surface area contributed by atoms with E-state index in [4.69, 9.17) is 0 Å². The van der Waals surface area contributed by atoms with E-state index in [1.165, 1.54) is 0 Å². The summed E-state index contributed by atoms with van der Waals surface area (Å²) in [7, 11) is 0. The van der Waals surface area contributed by atoms with Crippen LogP contribution in [-0.4, -0.2) is 15.4 Å². The SMILES string of the molecule is CCOS(=O)[O-].[K+]. The van der Waals surface area contributed by atoms with Crippen molar-refractivity contribution in [2.75, 3.05) is 6.61 Å². The van der Waals surface area contributed by atoms with E-state index in [2.05, 4.69) is 4.18 Å². The molecule has 5 heteroatoms. The van der Waals surface area contributed by atoms with Crippen molar-refractivity contribution in [1.82, 2.24) is 0 Å². The maximum atomic E-state index is 9.38. The Labute approximate surface area is 87.7 Å². The maximum absolute atomic E-state index is 9.38. The van der Waals surface area contributed by atoms with Crippen molar-refractivity contribution in [3.8, 4) is 0 Å². The largest absolute Gasteiger partial charge is 1.00 e. The summed E-state index contributed by atoms with van der Waals surface area (Å²) in [6.07, 6.45) is 0. The predicted molar refractivity (Wildman–Crippen MR) is 20.5 cm³/mol. The summed E-state index contributed by atoms with van der Waals surface area (Å²) in [4.78, 5) is 0. The molecule has 1 atom stereocenters. The molecule has 0 amide bonds. The third kappa shape index (κ3) is 11.3. The standard InChI is InChI=1S/C2H6O3S.K/c1-2-5-6(3)4;/h2H2,1H3,(H,3,4);/q;+1/p-1. The summed E-state index contributed by atoms with van der Waals surface area (Å²) in [5.41, 5.74) is 0. The molecule has 0 aliphatic heterocycles. The Kier molecular flexibility index (Phi) is 12.7. The van der Waals surface area contributed by atoms with E-state index in [1.54, 1.807) is 6.92 Å². The molecule has 0 aliphatic carbocycles. The van der Waals surface area contributed by atoms with Crippen LogP contribution >= 0.6 is 0 Å². The maximum Gasteiger partial charge on any atom is 1.00 e. The van der Waals surface area contributed by atoms with Gasteiger partial charge in [0.2, 0.25) is 0 Å². The molecule has 0 aromatic carbocycles. The fourth-order valence-corrected chi connectivity index (χ4v) is 0.289. The molecular weight excluding hydrogens is 143 g/mol. The van der Waals surface area contributed by atoms with Gasteiger partial charge in [0.05, 0.1) is 18.0 Å². The smallest absolute Gasteiger partial charge is 0.750 e. The Morgan fingerprint density at radius 2 is 2.29 bits per heavy atom. The molecule has 0 aromatic rings. The average Bonchev–Trinajstić information content (AvgIpc) is 1.35. The second kappa shape index (κ2) is 7.71. The van der Waals surface area contributed by atoms with Gasteiger partial charge in [-0.05, 0) is 6.92 Å². The van der Waals surface area contributed by atoms with Gasteiger partial charge in [-0.2, -0.15) is 0 Å². The first-order chi connectivity index (χ1) is 2.77. The first-order valence-corrected chi connectivity index (χ1v) is 2.50. The number of rotatable bonds is 2. The molecule has 0 saturated heterocycles. The Morgan fingerprint density at radius 1 is 1.86 bits per heavy atom. The molecule has 0 spiro atoms. The van der Waals surface area contributed by atoms with E-state index < -0.39 is 11.4 Å². The Hall–Kier alpha value is 1.71. The van der Waals surface area contributed by atoms with Crippen LogP contribution in [0.25, 0.3) is 0 Å². The topological polar surface area (TPSA) is 49.4 Å². The predicted octanol–water partition coefficient (Wildman–Crippen LogP) is -3.18. The van der Waals surface area contributed by atoms with Crippen LogP contribution in [0.1, 0.15) is 6.92 Å². The summed E-state index contributed by atoms with van der Waals surface area (Å²) >= 11 is -2.32. The molecule has 0 rings (SSSR count). The summed E-state index contributed by atoms with van der Waals surface area (Å²) in [5.74, 6) is 0. The van der Waals surface area contributed by atoms with Crippen molar-refractivity contribution in [2.45, 2.75) is 6.92 Å². The van der Waals surface area contributed by atoms with Crippen LogP contribution in [-0.2, 0) is 15.5 Å². The van der Waals surface area contributed by atoms with E-state index in [9.17, 15) is 8.76 Å². The van der Waals surface area contributed by atoms with Crippen molar-refractivity contribution >= 4 is 11.4 Å². The average molecular weight is 148 g/mol. The zero-order valence-electron chi connectivity index (χ0n) is 4.34. The van der Waals surface area contributed by atoms with Crippen LogP contribution in [0.2, 0.25) is 0 Å². The zero-order valence-corrected chi connectivity index (χ0v) is 8.28. The first kappa shape index (κ1) is 11.5. The molecule has 0 aliphatic rings. The molecule has 7 heavy (non-hydrogen) atoms. The number of hydrogen-bond acceptors (Lipinski definition) is 3. The monoisotopic (exact) mass is 148 g/mol. The van der Waals surface area contributed by atoms with E-state index in [0.717, 1.165) is 0 Å². The molecule has 0 heterocycles. The zero-order chi connectivity index (χ0) is 4.99. The molecule has 0 bridgehead atoms. The van der Waals surface area contributed by atoms with Crippen molar-refractivity contribution < 1.29 is 64.3 Å². The molecular formula is C2H5KO3S. The summed E-state index contributed by atoms with van der Waals surface area (Å²) in [5, 5.41) is 0. The third-order valence-electron chi connectivity index (χ3n) is 0.214. The molecule has 3 nitrogen and oxygen atoms in total. The Bertz CT molecular complexity index is 56.9. The van der Waals surface area contributed by atoms with E-state index >= 15 is 0 Å². The van der Waals surface area contributed by atoms with Crippen molar-refractivity contribution in [1.29, 1.82) is 0 Å². The minimum absolute atomic E-state index is 0. The minimum atomic E-state index is -2.32. The van der Waals surface area contributed by atoms with Crippen LogP contribution < -0.4 is 51.4 Å². The summed E-state index contributed by atoms with van der Waals surface area (Å²) in [6, 6.07) is 0. The van der Waals surface area contributed by atoms with E-state index in [1.807, 2.05) is 0 Å². The van der Waals surface area contributed by atoms with Gasteiger partial charge in [-0.25, -0.2) is 4.21 Å². The normalized spacial score (nSPS) is 12.3. The second-order valence-electron chi connectivity index (χ2n) is 0.611. The van der Waals surface area contributed by atoms with Crippen molar-refractivity contribution in [2.24, 2.45) is 0 Å². The van der Waals surface area contributed by atoms with Crippen LogP contribution in [0.5, 0.6) is 0 Å². The molecule has 0 aromatic heterocycles. The summed E-state index contributed by atoms with van der Waals surface area (Å²) in [6.45, 7) is 1.83. The minimum Gasteiger partial charge on any atom is -0.750 e. The van der Waals surface area contributed by atoms with Gasteiger partial charge in [0.1, 0.15) is 0 Å². The van der Waals surface area contributed by atoms with Gasteiger partial charge in [0, 0.05) is 0 Å². The number of hydrogen-bond donors (Lipinski definition) is 0. The fourth-order valence-electron chi connectivity index (χ4n) is 0.0962. The van der Waals surface area contributed by atoms with Gasteiger partial charge < -0.3 is 8.74 Å². The Balaban J connectivity index is 0. The fraction of sp³-hybridized carbons (Fsp3) is 1.00. The quantitative estimate of drug-likeness (QED) is 0.306. The molecule has 38 valence electrons. The van der Waals surface area contributed by atoms with Crippen LogP contribution in [0.4, 0.5) is 0 Å². The molecule has 1 unspecified atom stereocenters. The Morgan fingerprint density at radius 3 is 2.29 bits per heavy atom. The van der Waals surface area contributed by atoms with Gasteiger partial charge in [-0.3, -0.25) is 0 Å². The van der Waals surface area contributed by atoms with Crippen molar-refractivity contribution in [3.63, 3.8) is 0 Å². The third-order valence-corrected chi connectivity index (χ3v) is 0.642. The van der Waals surface area contributed by atoms with E-state index in [0.29, 0.717) is 0 Å². The molecule has 0 radical (unpaired) electrons.